The molecule has 3 aromatic heterocycles. The molecule has 2 aliphatic heterocycles. The predicted molar refractivity (Wildman–Crippen MR) is 132 cm³/mol. The van der Waals surface area contributed by atoms with Crippen LogP contribution in [-0.2, 0) is 9.47 Å². The lowest BCUT2D eigenvalue weighted by molar-refractivity contribution is 0.121. The number of hydrogen-bond donors (Lipinski definition) is 1. The minimum Gasteiger partial charge on any atom is -0.439 e. The number of morpholine rings is 1. The van der Waals surface area contributed by atoms with Crippen molar-refractivity contribution in [2.24, 2.45) is 0 Å². The Bertz CT molecular complexity index is 1360. The topological polar surface area (TPSA) is 93.0 Å². The van der Waals surface area contributed by atoms with Crippen LogP contribution < -0.4 is 20.5 Å². The fourth-order valence-corrected chi connectivity index (χ4v) is 5.02. The molecule has 0 saturated carbocycles. The van der Waals surface area contributed by atoms with E-state index in [9.17, 15) is 4.79 Å². The van der Waals surface area contributed by atoms with E-state index in [1.54, 1.807) is 12.3 Å². The molecule has 6 rings (SSSR count). The number of benzene rings is 1. The number of hydrogen-bond acceptors (Lipinski definition) is 10. The van der Waals surface area contributed by atoms with E-state index < -0.39 is 0 Å². The van der Waals surface area contributed by atoms with E-state index in [0.717, 1.165) is 29.2 Å². The van der Waals surface area contributed by atoms with Gasteiger partial charge in [-0.3, -0.25) is 4.79 Å². The molecule has 4 aromatic rings. The summed E-state index contributed by atoms with van der Waals surface area (Å²) in [5.41, 5.74) is 3.36. The molecule has 0 bridgehead atoms. The molecule has 9 nitrogen and oxygen atoms in total. The predicted octanol–water partition coefficient (Wildman–Crippen LogP) is 3.69. The van der Waals surface area contributed by atoms with Gasteiger partial charge < -0.3 is 29.0 Å². The molecule has 1 N–H and O–H groups in total. The lowest BCUT2D eigenvalue weighted by Gasteiger charge is -2.27. The monoisotopic (exact) mass is 477 g/mol. The summed E-state index contributed by atoms with van der Waals surface area (Å²) in [5.74, 6) is 1.96. The number of fused-ring (bicyclic) bond motifs is 1. The van der Waals surface area contributed by atoms with Gasteiger partial charge >= 0.3 is 0 Å². The Hall–Kier alpha value is -3.47. The lowest BCUT2D eigenvalue weighted by Crippen LogP contribution is -2.36. The Labute approximate surface area is 199 Å². The highest BCUT2D eigenvalue weighted by molar-refractivity contribution is 7.17. The molecule has 10 heteroatoms. The smallest absolute Gasteiger partial charge is 0.229 e. The third-order valence-corrected chi connectivity index (χ3v) is 6.90. The number of thiophene rings is 1. The zero-order chi connectivity index (χ0) is 22.9. The van der Waals surface area contributed by atoms with Crippen LogP contribution in [0, 0.1) is 0 Å². The van der Waals surface area contributed by atoms with Crippen molar-refractivity contribution in [3.8, 4) is 11.1 Å². The maximum absolute atomic E-state index is 12.7. The van der Waals surface area contributed by atoms with Gasteiger partial charge in [-0.2, -0.15) is 4.98 Å². The summed E-state index contributed by atoms with van der Waals surface area (Å²) >= 11 is 1.41. The van der Waals surface area contributed by atoms with Crippen molar-refractivity contribution in [1.29, 1.82) is 0 Å². The minimum atomic E-state index is -0.0160. The van der Waals surface area contributed by atoms with Gasteiger partial charge in [-0.1, -0.05) is 12.1 Å². The number of aromatic nitrogens is 2. The van der Waals surface area contributed by atoms with Crippen LogP contribution in [0.5, 0.6) is 0 Å². The van der Waals surface area contributed by atoms with Gasteiger partial charge in [-0.25, -0.2) is 4.98 Å². The normalized spacial score (nSPS) is 16.4. The van der Waals surface area contributed by atoms with Gasteiger partial charge in [0, 0.05) is 48.5 Å². The molecule has 5 heterocycles. The third-order valence-electron chi connectivity index (χ3n) is 5.92. The molecule has 0 unspecified atom stereocenters. The minimum absolute atomic E-state index is 0.0160. The van der Waals surface area contributed by atoms with Crippen LogP contribution in [-0.4, -0.2) is 56.2 Å². The van der Waals surface area contributed by atoms with Crippen molar-refractivity contribution in [1.82, 2.24) is 9.97 Å². The van der Waals surface area contributed by atoms with Crippen molar-refractivity contribution in [3.05, 3.63) is 58.2 Å². The first-order valence-corrected chi connectivity index (χ1v) is 12.0. The second-order valence-electron chi connectivity index (χ2n) is 8.10. The van der Waals surface area contributed by atoms with E-state index >= 15 is 0 Å². The summed E-state index contributed by atoms with van der Waals surface area (Å²) in [5, 5.41) is 5.24. The van der Waals surface area contributed by atoms with Crippen LogP contribution in [0.25, 0.3) is 21.4 Å². The highest BCUT2D eigenvalue weighted by Crippen LogP contribution is 2.35. The number of anilines is 4. The van der Waals surface area contributed by atoms with Gasteiger partial charge in [0.25, 0.3) is 0 Å². The Balaban J connectivity index is 1.25. The van der Waals surface area contributed by atoms with E-state index in [-0.39, 0.29) is 5.43 Å². The Kier molecular flexibility index (Phi) is 5.61. The Morgan fingerprint density at radius 1 is 0.971 bits per heavy atom. The highest BCUT2D eigenvalue weighted by atomic mass is 32.1. The molecule has 174 valence electrons. The molecule has 0 spiro atoms. The first kappa shape index (κ1) is 21.1. The molecule has 0 amide bonds. The van der Waals surface area contributed by atoms with Gasteiger partial charge in [-0.05, 0) is 23.8 Å². The van der Waals surface area contributed by atoms with Gasteiger partial charge in [-0.15, -0.1) is 11.3 Å². The number of ether oxygens (including phenoxy) is 2. The van der Waals surface area contributed by atoms with E-state index in [1.165, 1.54) is 11.3 Å². The van der Waals surface area contributed by atoms with Gasteiger partial charge in [0.1, 0.15) is 17.2 Å². The largest absolute Gasteiger partial charge is 0.439 e. The average molecular weight is 478 g/mol. The van der Waals surface area contributed by atoms with Crippen molar-refractivity contribution in [2.45, 2.75) is 0 Å². The Morgan fingerprint density at radius 3 is 2.56 bits per heavy atom. The number of nitrogens with zero attached hydrogens (tertiary/aromatic N) is 4. The van der Waals surface area contributed by atoms with Crippen LogP contribution in [0.3, 0.4) is 0 Å². The van der Waals surface area contributed by atoms with Crippen LogP contribution in [0.4, 0.5) is 23.3 Å². The summed E-state index contributed by atoms with van der Waals surface area (Å²) in [6.45, 7) is 4.76. The molecule has 1 aromatic carbocycles. The molecular formula is C24H23N5O4S. The fourth-order valence-electron chi connectivity index (χ4n) is 4.11. The highest BCUT2D eigenvalue weighted by Gasteiger charge is 2.19. The molecule has 2 fully saturated rings. The van der Waals surface area contributed by atoms with Gasteiger partial charge in [0.2, 0.25) is 11.4 Å². The molecule has 34 heavy (non-hydrogen) atoms. The van der Waals surface area contributed by atoms with Crippen molar-refractivity contribution >= 4 is 45.0 Å². The second-order valence-corrected chi connectivity index (χ2v) is 8.98. The van der Waals surface area contributed by atoms with Crippen LogP contribution in [0.2, 0.25) is 0 Å². The molecule has 0 aliphatic carbocycles. The standard InChI is InChI=1S/C24H23N5O4S/c30-19-13-21(28-7-10-31-11-8-28)33-22-18(14-34-23(19)22)16-1-3-17(4-2-16)26-24-25-6-5-20(27-24)29-9-12-32-15-29/h1-6,13-14H,7-12,15H2,(H,25,26,27). The molecule has 0 radical (unpaired) electrons. The van der Waals surface area contributed by atoms with Crippen LogP contribution in [0.1, 0.15) is 0 Å². The summed E-state index contributed by atoms with van der Waals surface area (Å²) in [4.78, 5) is 25.8. The zero-order valence-corrected chi connectivity index (χ0v) is 19.2. The SMILES string of the molecule is O=c1cc(N2CCOCC2)oc2c(-c3ccc(Nc4nccc(N5CCOC5)n4)cc3)csc12. The Morgan fingerprint density at radius 2 is 1.76 bits per heavy atom. The van der Waals surface area contributed by atoms with E-state index in [0.29, 0.717) is 61.8 Å². The summed E-state index contributed by atoms with van der Waals surface area (Å²) < 4.78 is 17.7. The maximum Gasteiger partial charge on any atom is 0.229 e. The van der Waals surface area contributed by atoms with E-state index in [4.69, 9.17) is 13.9 Å². The molecule has 2 aliphatic rings. The maximum atomic E-state index is 12.7. The van der Waals surface area contributed by atoms with Crippen LogP contribution >= 0.6 is 11.3 Å². The van der Waals surface area contributed by atoms with Gasteiger partial charge in [0.05, 0.1) is 19.8 Å². The summed E-state index contributed by atoms with van der Waals surface area (Å²) in [6, 6.07) is 11.4. The quantitative estimate of drug-likeness (QED) is 0.462. The number of nitrogens with one attached hydrogen (secondary N) is 1. The first-order chi connectivity index (χ1) is 16.7. The molecular weight excluding hydrogens is 454 g/mol. The van der Waals surface area contributed by atoms with Crippen molar-refractivity contribution < 1.29 is 13.9 Å². The molecule has 0 atom stereocenters. The van der Waals surface area contributed by atoms with Crippen LogP contribution in [0.15, 0.2) is 57.2 Å². The third kappa shape index (κ3) is 4.11. The van der Waals surface area contributed by atoms with E-state index in [1.807, 2.05) is 35.7 Å². The number of rotatable bonds is 5. The average Bonchev–Trinajstić information content (AvgIpc) is 3.56. The van der Waals surface area contributed by atoms with Crippen molar-refractivity contribution in [3.63, 3.8) is 0 Å². The van der Waals surface area contributed by atoms with Crippen molar-refractivity contribution in [2.75, 3.05) is 61.3 Å². The second kappa shape index (κ2) is 9.05. The zero-order valence-electron chi connectivity index (χ0n) is 18.4. The lowest BCUT2D eigenvalue weighted by atomic mass is 10.1. The fraction of sp³-hybridized carbons (Fsp3) is 0.292. The summed E-state index contributed by atoms with van der Waals surface area (Å²) in [7, 11) is 0. The first-order valence-electron chi connectivity index (χ1n) is 11.2. The van der Waals surface area contributed by atoms with Gasteiger partial charge in [0.15, 0.2) is 11.5 Å². The van der Waals surface area contributed by atoms with E-state index in [2.05, 4.69) is 25.1 Å². The molecule has 2 saturated heterocycles. The summed E-state index contributed by atoms with van der Waals surface area (Å²) in [6.07, 6.45) is 1.74.